The van der Waals surface area contributed by atoms with Crippen LogP contribution in [0, 0.1) is 25.1 Å². The molecule has 1 amide bonds. The fourth-order valence-electron chi connectivity index (χ4n) is 5.75. The first kappa shape index (κ1) is 34.7. The number of halogens is 1. The van der Waals surface area contributed by atoms with E-state index in [2.05, 4.69) is 19.7 Å². The van der Waals surface area contributed by atoms with Crippen molar-refractivity contribution in [3.8, 4) is 17.1 Å². The van der Waals surface area contributed by atoms with Crippen LogP contribution in [0.15, 0.2) is 65.6 Å². The molecule has 10 nitrogen and oxygen atoms in total. The number of amides is 1. The highest BCUT2D eigenvalue weighted by molar-refractivity contribution is 7.92. The highest BCUT2D eigenvalue weighted by atomic mass is 32.2. The molecule has 0 saturated heterocycles. The van der Waals surface area contributed by atoms with Crippen molar-refractivity contribution in [3.05, 3.63) is 88.9 Å². The van der Waals surface area contributed by atoms with Gasteiger partial charge in [-0.3, -0.25) is 4.79 Å². The molecule has 4 bridgehead atoms. The summed E-state index contributed by atoms with van der Waals surface area (Å²) in [7, 11) is -2.36. The van der Waals surface area contributed by atoms with Crippen molar-refractivity contribution < 1.29 is 22.3 Å². The second-order valence-electron chi connectivity index (χ2n) is 13.8. The molecular weight excluding hydrogens is 631 g/mol. The van der Waals surface area contributed by atoms with Gasteiger partial charge in [0.05, 0.1) is 28.9 Å². The number of nitrogens with zero attached hydrogens (tertiary/aromatic N) is 5. The van der Waals surface area contributed by atoms with Gasteiger partial charge in [0.15, 0.2) is 0 Å². The molecule has 1 aliphatic rings. The zero-order valence-electron chi connectivity index (χ0n) is 28.7. The lowest BCUT2D eigenvalue weighted by molar-refractivity contribution is 0.0506. The summed E-state index contributed by atoms with van der Waals surface area (Å²) >= 11 is 0. The third kappa shape index (κ3) is 7.75. The van der Waals surface area contributed by atoms with Crippen molar-refractivity contribution in [2.75, 3.05) is 23.3 Å². The zero-order chi connectivity index (χ0) is 35.0. The van der Waals surface area contributed by atoms with Crippen molar-refractivity contribution >= 4 is 27.7 Å². The van der Waals surface area contributed by atoms with E-state index in [1.54, 1.807) is 18.2 Å². The topological polar surface area (TPSA) is 118 Å². The van der Waals surface area contributed by atoms with Crippen LogP contribution < -0.4 is 14.4 Å². The monoisotopic (exact) mass is 674 g/mol. The molecule has 254 valence electrons. The number of hydrogen-bond acceptors (Lipinski definition) is 8. The number of aromatic nitrogens is 3. The number of pyridine rings is 1. The van der Waals surface area contributed by atoms with Crippen LogP contribution in [-0.4, -0.2) is 59.9 Å². The van der Waals surface area contributed by atoms with Gasteiger partial charge in [-0.25, -0.2) is 27.5 Å². The standard InChI is InChI=1S/C36H43FN6O4S/c1-22(2)42(8)31-16-15-28(37)30(38-31)20-43-26(19-36(5,6)7)21-47-32-18-29(33-23(3)11-9-12-24(33)4)39-35(40-32)41-48(45,46)27-14-10-13-25(17-27)34(43)44/h9-18,22,26H,19-21H2,1-8H3,(H,39,40,41)/t26-/m1/s1. The molecule has 0 radical (unpaired) electrons. The Labute approximate surface area is 282 Å². The van der Waals surface area contributed by atoms with Crippen molar-refractivity contribution in [2.24, 2.45) is 5.41 Å². The van der Waals surface area contributed by atoms with Gasteiger partial charge in [0.25, 0.3) is 15.9 Å². The summed E-state index contributed by atoms with van der Waals surface area (Å²) in [6.45, 7) is 13.9. The number of benzene rings is 2. The minimum absolute atomic E-state index is 0.00863. The lowest BCUT2D eigenvalue weighted by Crippen LogP contribution is -2.45. The van der Waals surface area contributed by atoms with E-state index in [0.717, 1.165) is 16.7 Å². The summed E-state index contributed by atoms with van der Waals surface area (Å²) in [5, 5.41) is 0. The number of carbonyl (C=O) groups excluding carboxylic acids is 1. The van der Waals surface area contributed by atoms with E-state index in [4.69, 9.17) is 4.74 Å². The Morgan fingerprint density at radius 2 is 1.71 bits per heavy atom. The van der Waals surface area contributed by atoms with Crippen LogP contribution in [0.4, 0.5) is 16.2 Å². The molecule has 5 rings (SSSR count). The van der Waals surface area contributed by atoms with Crippen LogP contribution in [0.5, 0.6) is 5.88 Å². The van der Waals surface area contributed by atoms with Gasteiger partial charge in [0, 0.05) is 30.3 Å². The Morgan fingerprint density at radius 1 is 1.02 bits per heavy atom. The molecule has 48 heavy (non-hydrogen) atoms. The van der Waals surface area contributed by atoms with Gasteiger partial charge < -0.3 is 14.5 Å². The summed E-state index contributed by atoms with van der Waals surface area (Å²) in [5.41, 5.74) is 3.13. The molecule has 4 aromatic rings. The fourth-order valence-corrected chi connectivity index (χ4v) is 6.74. The molecule has 3 heterocycles. The predicted molar refractivity (Wildman–Crippen MR) is 185 cm³/mol. The minimum Gasteiger partial charge on any atom is -0.475 e. The third-order valence-corrected chi connectivity index (χ3v) is 9.72. The molecule has 0 saturated carbocycles. The highest BCUT2D eigenvalue weighted by Gasteiger charge is 2.32. The van der Waals surface area contributed by atoms with Crippen molar-refractivity contribution in [3.63, 3.8) is 0 Å². The number of anilines is 2. The fraction of sp³-hybridized carbons (Fsp3) is 0.389. The van der Waals surface area contributed by atoms with Crippen LogP contribution in [0.25, 0.3) is 11.3 Å². The summed E-state index contributed by atoms with van der Waals surface area (Å²) in [5.74, 6) is -0.511. The number of sulfonamides is 1. The number of rotatable bonds is 6. The second kappa shape index (κ2) is 13.5. The quantitative estimate of drug-likeness (QED) is 0.238. The number of aryl methyl sites for hydroxylation is 2. The van der Waals surface area contributed by atoms with E-state index in [1.165, 1.54) is 29.2 Å². The Balaban J connectivity index is 1.68. The lowest BCUT2D eigenvalue weighted by Gasteiger charge is -2.36. The average molecular weight is 675 g/mol. The first-order valence-corrected chi connectivity index (χ1v) is 17.4. The maximum absolute atomic E-state index is 15.5. The van der Waals surface area contributed by atoms with Gasteiger partial charge in [-0.15, -0.1) is 0 Å². The summed E-state index contributed by atoms with van der Waals surface area (Å²) < 4.78 is 51.6. The van der Waals surface area contributed by atoms with E-state index >= 15 is 4.39 Å². The first-order valence-electron chi connectivity index (χ1n) is 15.9. The van der Waals surface area contributed by atoms with Crippen molar-refractivity contribution in [1.82, 2.24) is 19.9 Å². The van der Waals surface area contributed by atoms with Crippen molar-refractivity contribution in [1.29, 1.82) is 0 Å². The van der Waals surface area contributed by atoms with E-state index in [1.807, 2.05) is 78.6 Å². The Bertz CT molecular complexity index is 1920. The minimum atomic E-state index is -4.23. The molecule has 1 atom stereocenters. The molecule has 0 fully saturated rings. The van der Waals surface area contributed by atoms with E-state index in [-0.39, 0.29) is 52.6 Å². The molecule has 2 aromatic heterocycles. The molecular formula is C36H43FN6O4S. The Kier molecular flexibility index (Phi) is 9.77. The normalized spacial score (nSPS) is 16.3. The average Bonchev–Trinajstić information content (AvgIpc) is 3.01. The number of fused-ring (bicyclic) bond motifs is 4. The lowest BCUT2D eigenvalue weighted by atomic mass is 9.87. The highest BCUT2D eigenvalue weighted by Crippen LogP contribution is 2.32. The summed E-state index contributed by atoms with van der Waals surface area (Å²) in [6.07, 6.45) is 0.476. The number of hydrogen-bond donors (Lipinski definition) is 1. The van der Waals surface area contributed by atoms with E-state index in [0.29, 0.717) is 17.9 Å². The molecule has 12 heteroatoms. The summed E-state index contributed by atoms with van der Waals surface area (Å²) in [6, 6.07) is 15.8. The van der Waals surface area contributed by atoms with Crippen LogP contribution in [0.3, 0.4) is 0 Å². The smallest absolute Gasteiger partial charge is 0.264 e. The van der Waals surface area contributed by atoms with Gasteiger partial charge in [-0.05, 0) is 81.0 Å². The third-order valence-electron chi connectivity index (χ3n) is 8.39. The van der Waals surface area contributed by atoms with Crippen LogP contribution in [-0.2, 0) is 16.6 Å². The van der Waals surface area contributed by atoms with E-state index in [9.17, 15) is 13.2 Å². The molecule has 0 spiro atoms. The van der Waals surface area contributed by atoms with Gasteiger partial charge in [0.2, 0.25) is 11.8 Å². The van der Waals surface area contributed by atoms with Crippen LogP contribution in [0.1, 0.15) is 68.2 Å². The predicted octanol–water partition coefficient (Wildman–Crippen LogP) is 6.78. The molecule has 1 aliphatic heterocycles. The molecule has 1 N–H and O–H groups in total. The first-order chi connectivity index (χ1) is 22.5. The molecule has 0 aliphatic carbocycles. The molecule has 0 unspecified atom stereocenters. The Hall–Kier alpha value is -4.58. The Morgan fingerprint density at radius 3 is 2.38 bits per heavy atom. The van der Waals surface area contributed by atoms with Gasteiger partial charge in [0.1, 0.15) is 18.2 Å². The largest absolute Gasteiger partial charge is 0.475 e. The van der Waals surface area contributed by atoms with Crippen LogP contribution in [0.2, 0.25) is 0 Å². The summed E-state index contributed by atoms with van der Waals surface area (Å²) in [4.78, 5) is 31.4. The maximum atomic E-state index is 15.5. The van der Waals surface area contributed by atoms with E-state index < -0.39 is 27.8 Å². The number of ether oxygens (including phenoxy) is 1. The SMILES string of the molecule is Cc1cccc(C)c1-c1cc2nc(n1)NS(=O)(=O)c1cccc(c1)C(=O)N(Cc1nc(N(C)C(C)C)ccc1F)[C@H](CC(C)(C)C)CO2. The van der Waals surface area contributed by atoms with Gasteiger partial charge >= 0.3 is 0 Å². The van der Waals surface area contributed by atoms with Gasteiger partial charge in [-0.2, -0.15) is 4.98 Å². The van der Waals surface area contributed by atoms with Crippen LogP contribution >= 0.6 is 0 Å². The number of nitrogens with one attached hydrogen (secondary N) is 1. The van der Waals surface area contributed by atoms with Gasteiger partial charge in [-0.1, -0.05) is 45.0 Å². The second-order valence-corrected chi connectivity index (χ2v) is 15.5. The molecule has 2 aromatic carbocycles. The maximum Gasteiger partial charge on any atom is 0.264 e. The zero-order valence-corrected chi connectivity index (χ0v) is 29.5. The number of carbonyl (C=O) groups is 1. The van der Waals surface area contributed by atoms with Crippen molar-refractivity contribution in [2.45, 2.75) is 78.4 Å².